The monoisotopic (exact) mass is 423 g/mol. The fourth-order valence-corrected chi connectivity index (χ4v) is 4.20. The highest BCUT2D eigenvalue weighted by Gasteiger charge is 2.52. The molecule has 2 atom stereocenters. The van der Waals surface area contributed by atoms with E-state index in [2.05, 4.69) is 4.98 Å². The molecule has 0 spiro atoms. The highest BCUT2D eigenvalue weighted by molar-refractivity contribution is 6.00. The van der Waals surface area contributed by atoms with Gasteiger partial charge in [0.05, 0.1) is 5.69 Å². The molecule has 3 aromatic rings. The molecule has 4 rings (SSSR count). The maximum Gasteiger partial charge on any atom is 0.276 e. The Bertz CT molecular complexity index is 1130. The topological polar surface area (TPSA) is 123 Å². The first-order valence-corrected chi connectivity index (χ1v) is 9.80. The van der Waals surface area contributed by atoms with Crippen LogP contribution in [-0.4, -0.2) is 62.8 Å². The van der Waals surface area contributed by atoms with Gasteiger partial charge in [-0.3, -0.25) is 14.8 Å². The fourth-order valence-electron chi connectivity index (χ4n) is 4.20. The van der Waals surface area contributed by atoms with Crippen LogP contribution < -0.4 is 5.23 Å². The summed E-state index contributed by atoms with van der Waals surface area (Å²) in [7, 11) is 2.90. The first-order chi connectivity index (χ1) is 14.7. The number of fused-ring (bicyclic) bond motifs is 1. The molecule has 0 bridgehead atoms. The van der Waals surface area contributed by atoms with Crippen LogP contribution in [0.5, 0.6) is 0 Å². The number of nitrogens with zero attached hydrogens (tertiary/aromatic N) is 3. The third kappa shape index (κ3) is 3.42. The quantitative estimate of drug-likeness (QED) is 0.536. The van der Waals surface area contributed by atoms with Crippen molar-refractivity contribution in [1.82, 2.24) is 14.8 Å². The summed E-state index contributed by atoms with van der Waals surface area (Å²) in [5.74, 6) is -1.01. The standard InChI is InChI=1S/C22H23N4O5/c1-24-18(11-15-13-23-16-9-6-10-17(19(15)16)26(30)31)20(27)25(2)22(29,21(24)28)12-14-7-4-3-5-8-14/h3-10,13,18,23,29-30H,11-12H2,1-2H3/q-1. The lowest BCUT2D eigenvalue weighted by Gasteiger charge is -2.47. The highest BCUT2D eigenvalue weighted by Crippen LogP contribution is 2.33. The van der Waals surface area contributed by atoms with Crippen molar-refractivity contribution < 1.29 is 19.9 Å². The summed E-state index contributed by atoms with van der Waals surface area (Å²) in [6.07, 6.45) is 1.73. The summed E-state index contributed by atoms with van der Waals surface area (Å²) >= 11 is 0. The summed E-state index contributed by atoms with van der Waals surface area (Å²) in [6, 6.07) is 13.0. The van der Waals surface area contributed by atoms with Gasteiger partial charge < -0.3 is 30.3 Å². The molecule has 2 heterocycles. The van der Waals surface area contributed by atoms with Gasteiger partial charge in [0.15, 0.2) is 0 Å². The first-order valence-electron chi connectivity index (χ1n) is 9.80. The van der Waals surface area contributed by atoms with Gasteiger partial charge in [-0.15, -0.1) is 0 Å². The number of piperazine rings is 1. The van der Waals surface area contributed by atoms with Crippen LogP contribution in [-0.2, 0) is 22.4 Å². The van der Waals surface area contributed by atoms with Crippen LogP contribution in [0, 0.1) is 5.21 Å². The number of carbonyl (C=O) groups is 2. The van der Waals surface area contributed by atoms with Gasteiger partial charge in [-0.25, -0.2) is 0 Å². The number of benzene rings is 2. The van der Waals surface area contributed by atoms with Gasteiger partial charge in [-0.2, -0.15) is 0 Å². The molecule has 2 amide bonds. The van der Waals surface area contributed by atoms with Crippen LogP contribution in [0.25, 0.3) is 10.9 Å². The Morgan fingerprint density at radius 1 is 1.13 bits per heavy atom. The van der Waals surface area contributed by atoms with Crippen molar-refractivity contribution in [2.75, 3.05) is 19.3 Å². The van der Waals surface area contributed by atoms with Gasteiger partial charge >= 0.3 is 0 Å². The van der Waals surface area contributed by atoms with Gasteiger partial charge in [-0.1, -0.05) is 36.4 Å². The van der Waals surface area contributed by atoms with E-state index in [0.29, 0.717) is 16.5 Å². The lowest BCUT2D eigenvalue weighted by molar-refractivity contribution is -0.194. The zero-order valence-electron chi connectivity index (χ0n) is 17.1. The van der Waals surface area contributed by atoms with Crippen molar-refractivity contribution in [1.29, 1.82) is 0 Å². The number of likely N-dealkylation sites (N-methyl/N-ethyl adjacent to an activating group) is 2. The largest absolute Gasteiger partial charge is 0.733 e. The van der Waals surface area contributed by atoms with Gasteiger partial charge in [0.1, 0.15) is 6.04 Å². The van der Waals surface area contributed by atoms with Crippen LogP contribution in [0.4, 0.5) is 5.69 Å². The minimum absolute atomic E-state index is 0.0289. The number of rotatable bonds is 5. The molecule has 162 valence electrons. The first kappa shape index (κ1) is 20.9. The summed E-state index contributed by atoms with van der Waals surface area (Å²) in [6.45, 7) is 0. The maximum absolute atomic E-state index is 13.2. The Balaban J connectivity index is 1.66. The van der Waals surface area contributed by atoms with E-state index in [1.165, 1.54) is 25.1 Å². The van der Waals surface area contributed by atoms with Gasteiger partial charge in [-0.05, 0) is 23.3 Å². The van der Waals surface area contributed by atoms with E-state index in [0.717, 1.165) is 10.5 Å². The lowest BCUT2D eigenvalue weighted by atomic mass is 9.92. The number of carbonyl (C=O) groups excluding carboxylic acids is 2. The second-order valence-corrected chi connectivity index (χ2v) is 7.80. The number of amides is 2. The smallest absolute Gasteiger partial charge is 0.276 e. The Morgan fingerprint density at radius 2 is 1.84 bits per heavy atom. The van der Waals surface area contributed by atoms with Gasteiger partial charge in [0.25, 0.3) is 5.91 Å². The zero-order chi connectivity index (χ0) is 22.3. The lowest BCUT2D eigenvalue weighted by Crippen LogP contribution is -2.70. The van der Waals surface area contributed by atoms with E-state index in [4.69, 9.17) is 0 Å². The predicted octanol–water partition coefficient (Wildman–Crippen LogP) is 1.63. The molecule has 0 aliphatic carbocycles. The molecule has 2 unspecified atom stereocenters. The molecule has 2 aromatic carbocycles. The fraction of sp³-hybridized carbons (Fsp3) is 0.273. The molecule has 3 N–H and O–H groups in total. The van der Waals surface area contributed by atoms with E-state index >= 15 is 0 Å². The summed E-state index contributed by atoms with van der Waals surface area (Å²) in [5.41, 5.74) is -0.00934. The molecule has 9 nitrogen and oxygen atoms in total. The molecule has 0 saturated carbocycles. The normalized spacial score (nSPS) is 21.8. The van der Waals surface area contributed by atoms with Crippen molar-refractivity contribution in [2.24, 2.45) is 0 Å². The highest BCUT2D eigenvalue weighted by atomic mass is 16.8. The minimum Gasteiger partial charge on any atom is -0.733 e. The predicted molar refractivity (Wildman–Crippen MR) is 114 cm³/mol. The minimum atomic E-state index is -1.99. The second kappa shape index (κ2) is 7.69. The summed E-state index contributed by atoms with van der Waals surface area (Å²) < 4.78 is 0. The van der Waals surface area contributed by atoms with E-state index < -0.39 is 23.6 Å². The molecule has 31 heavy (non-hydrogen) atoms. The Morgan fingerprint density at radius 3 is 2.52 bits per heavy atom. The Kier molecular flexibility index (Phi) is 5.18. The van der Waals surface area contributed by atoms with Gasteiger partial charge in [0, 0.05) is 44.0 Å². The number of hydrogen-bond acceptors (Lipinski definition) is 6. The SMILES string of the molecule is CN1C(=O)C(O)(Cc2ccccc2)N(C)C(=O)C1Cc1c[nH]c2cccc(N([O-])O)c12. The molecule has 1 aliphatic heterocycles. The molecule has 1 fully saturated rings. The van der Waals surface area contributed by atoms with Crippen molar-refractivity contribution in [3.05, 3.63) is 71.1 Å². The molecule has 1 aromatic heterocycles. The molecule has 1 saturated heterocycles. The zero-order valence-corrected chi connectivity index (χ0v) is 17.1. The van der Waals surface area contributed by atoms with Crippen LogP contribution >= 0.6 is 0 Å². The van der Waals surface area contributed by atoms with Crippen LogP contribution in [0.2, 0.25) is 0 Å². The molecule has 9 heteroatoms. The van der Waals surface area contributed by atoms with Crippen LogP contribution in [0.3, 0.4) is 0 Å². The number of nitrogens with one attached hydrogen (secondary N) is 1. The van der Waals surface area contributed by atoms with E-state index in [-0.39, 0.29) is 23.8 Å². The van der Waals surface area contributed by atoms with Crippen LogP contribution in [0.1, 0.15) is 11.1 Å². The number of aromatic amines is 1. The third-order valence-electron chi connectivity index (χ3n) is 5.98. The Hall–Kier alpha value is -3.40. The Labute approximate surface area is 178 Å². The maximum atomic E-state index is 13.2. The van der Waals surface area contributed by atoms with Crippen molar-refractivity contribution in [2.45, 2.75) is 24.6 Å². The summed E-state index contributed by atoms with van der Waals surface area (Å²) in [4.78, 5) is 31.7. The van der Waals surface area contributed by atoms with Gasteiger partial charge in [0.2, 0.25) is 11.6 Å². The number of aromatic nitrogens is 1. The number of H-pyrrole nitrogens is 1. The number of hydrogen-bond donors (Lipinski definition) is 3. The second-order valence-electron chi connectivity index (χ2n) is 7.80. The van der Waals surface area contributed by atoms with Crippen molar-refractivity contribution >= 4 is 28.4 Å². The average Bonchev–Trinajstić information content (AvgIpc) is 3.18. The van der Waals surface area contributed by atoms with Crippen molar-refractivity contribution in [3.63, 3.8) is 0 Å². The number of anilines is 1. The van der Waals surface area contributed by atoms with E-state index in [1.807, 2.05) is 6.07 Å². The van der Waals surface area contributed by atoms with E-state index in [1.54, 1.807) is 42.6 Å². The van der Waals surface area contributed by atoms with Crippen LogP contribution in [0.15, 0.2) is 54.7 Å². The third-order valence-corrected chi connectivity index (χ3v) is 5.98. The summed E-state index contributed by atoms with van der Waals surface area (Å²) in [5, 5.41) is 32.5. The molecule has 1 aliphatic rings. The average molecular weight is 423 g/mol. The molecular formula is C22H23N4O5-. The van der Waals surface area contributed by atoms with Crippen molar-refractivity contribution in [3.8, 4) is 0 Å². The molecule has 0 radical (unpaired) electrons. The molecular weight excluding hydrogens is 400 g/mol. The number of aliphatic hydroxyl groups is 1. The van der Waals surface area contributed by atoms with E-state index in [9.17, 15) is 25.1 Å².